The monoisotopic (exact) mass is 515 g/mol. The number of rotatable bonds is 7. The second kappa shape index (κ2) is 9.71. The Balaban J connectivity index is 1.39. The van der Waals surface area contributed by atoms with E-state index in [2.05, 4.69) is 38.8 Å². The van der Waals surface area contributed by atoms with Crippen LogP contribution in [0.4, 0.5) is 10.2 Å². The fourth-order valence-electron chi connectivity index (χ4n) is 5.44. The van der Waals surface area contributed by atoms with Crippen LogP contribution in [0.5, 0.6) is 0 Å². The Morgan fingerprint density at radius 1 is 1.16 bits per heavy atom. The van der Waals surface area contributed by atoms with E-state index in [4.69, 9.17) is 20.3 Å². The first-order chi connectivity index (χ1) is 18.5. The van der Waals surface area contributed by atoms with Crippen LogP contribution in [0, 0.1) is 16.6 Å². The van der Waals surface area contributed by atoms with Gasteiger partial charge in [-0.15, -0.1) is 0 Å². The molecule has 11 heteroatoms. The first-order valence-corrected chi connectivity index (χ1v) is 13.0. The van der Waals surface area contributed by atoms with Gasteiger partial charge in [0, 0.05) is 37.3 Å². The van der Waals surface area contributed by atoms with Crippen LogP contribution in [-0.4, -0.2) is 61.1 Å². The quantitative estimate of drug-likeness (QED) is 0.283. The summed E-state index contributed by atoms with van der Waals surface area (Å²) in [6, 6.07) is 9.98. The highest BCUT2D eigenvalue weighted by Crippen LogP contribution is 2.40. The Bertz CT molecular complexity index is 1530. The topological polar surface area (TPSA) is 124 Å². The molecule has 1 unspecified atom stereocenters. The van der Waals surface area contributed by atoms with Crippen molar-refractivity contribution in [3.63, 3.8) is 0 Å². The zero-order valence-corrected chi connectivity index (χ0v) is 21.4. The van der Waals surface area contributed by atoms with E-state index < -0.39 is 0 Å². The summed E-state index contributed by atoms with van der Waals surface area (Å²) in [6.07, 6.45) is 5.80. The van der Waals surface area contributed by atoms with E-state index in [0.717, 1.165) is 37.0 Å². The van der Waals surface area contributed by atoms with Crippen molar-refractivity contribution >= 4 is 23.2 Å². The van der Waals surface area contributed by atoms with Crippen molar-refractivity contribution in [2.45, 2.75) is 57.2 Å². The van der Waals surface area contributed by atoms with Gasteiger partial charge in [0.05, 0.1) is 11.9 Å². The van der Waals surface area contributed by atoms with Crippen LogP contribution in [0.15, 0.2) is 47.1 Å². The second-order valence-corrected chi connectivity index (χ2v) is 10.1. The van der Waals surface area contributed by atoms with Gasteiger partial charge in [0.1, 0.15) is 17.4 Å². The van der Waals surface area contributed by atoms with Gasteiger partial charge in [-0.1, -0.05) is 24.2 Å². The normalized spacial score (nSPS) is 21.1. The summed E-state index contributed by atoms with van der Waals surface area (Å²) in [6.45, 7) is 5.57. The number of aromatic nitrogens is 5. The number of fused-ring (bicyclic) bond motifs is 1. The number of pyridine rings is 1. The number of hydrogen-bond donors (Lipinski definition) is 2. The molecule has 0 bridgehead atoms. The predicted octanol–water partition coefficient (Wildman–Crippen LogP) is 3.84. The summed E-state index contributed by atoms with van der Waals surface area (Å²) in [5, 5.41) is 20.5. The number of piperazine rings is 1. The van der Waals surface area contributed by atoms with Gasteiger partial charge < -0.3 is 9.42 Å². The SMILES string of the molecule is CC[C@@H]1CN(c2nc(=N)n(C=N)c3cccnc23)[C@@H](C)CN1C(c1ccc(F)cc1)c1nc(C2CC2)no1. The molecule has 2 N–H and O–H groups in total. The van der Waals surface area contributed by atoms with Crippen molar-refractivity contribution in [3.05, 3.63) is 71.3 Å². The third-order valence-corrected chi connectivity index (χ3v) is 7.60. The Labute approximate surface area is 219 Å². The summed E-state index contributed by atoms with van der Waals surface area (Å²) >= 11 is 0. The summed E-state index contributed by atoms with van der Waals surface area (Å²) in [5.74, 6) is 2.00. The van der Waals surface area contributed by atoms with Gasteiger partial charge in [0.15, 0.2) is 11.6 Å². The maximum atomic E-state index is 13.9. The van der Waals surface area contributed by atoms with Crippen molar-refractivity contribution in [3.8, 4) is 0 Å². The van der Waals surface area contributed by atoms with Crippen molar-refractivity contribution in [2.75, 3.05) is 18.0 Å². The van der Waals surface area contributed by atoms with E-state index in [1.54, 1.807) is 24.4 Å². The Hall–Kier alpha value is -3.99. The van der Waals surface area contributed by atoms with Gasteiger partial charge >= 0.3 is 0 Å². The smallest absolute Gasteiger partial charge is 0.248 e. The highest BCUT2D eigenvalue weighted by molar-refractivity contribution is 5.89. The van der Waals surface area contributed by atoms with Crippen LogP contribution < -0.4 is 10.5 Å². The third-order valence-electron chi connectivity index (χ3n) is 7.60. The lowest BCUT2D eigenvalue weighted by Gasteiger charge is -2.48. The molecule has 1 saturated heterocycles. The molecule has 4 aromatic rings. The average molecular weight is 516 g/mol. The van der Waals surface area contributed by atoms with E-state index in [0.29, 0.717) is 41.7 Å². The molecule has 0 spiro atoms. The lowest BCUT2D eigenvalue weighted by Crippen LogP contribution is -2.58. The summed E-state index contributed by atoms with van der Waals surface area (Å²) < 4.78 is 21.1. The van der Waals surface area contributed by atoms with E-state index in [1.165, 1.54) is 16.7 Å². The molecular formula is C27H30FN9O. The number of benzene rings is 1. The zero-order chi connectivity index (χ0) is 26.4. The fourth-order valence-corrected chi connectivity index (χ4v) is 5.44. The van der Waals surface area contributed by atoms with Crippen LogP contribution in [0.3, 0.4) is 0 Å². The maximum Gasteiger partial charge on any atom is 0.248 e. The number of anilines is 1. The zero-order valence-electron chi connectivity index (χ0n) is 21.4. The Morgan fingerprint density at radius 3 is 2.66 bits per heavy atom. The summed E-state index contributed by atoms with van der Waals surface area (Å²) in [7, 11) is 0. The van der Waals surface area contributed by atoms with E-state index in [-0.39, 0.29) is 29.6 Å². The minimum atomic E-state index is -0.310. The molecule has 1 aliphatic carbocycles. The van der Waals surface area contributed by atoms with Crippen LogP contribution >= 0.6 is 0 Å². The van der Waals surface area contributed by atoms with Crippen LogP contribution in [0.2, 0.25) is 0 Å². The third kappa shape index (κ3) is 4.26. The molecule has 196 valence electrons. The summed E-state index contributed by atoms with van der Waals surface area (Å²) in [4.78, 5) is 18.5. The minimum Gasteiger partial charge on any atom is -0.349 e. The first-order valence-electron chi connectivity index (χ1n) is 13.0. The number of nitrogens with one attached hydrogen (secondary N) is 2. The van der Waals surface area contributed by atoms with Crippen molar-refractivity contribution in [1.82, 2.24) is 29.6 Å². The maximum absolute atomic E-state index is 13.9. The molecule has 1 saturated carbocycles. The lowest BCUT2D eigenvalue weighted by atomic mass is 9.97. The van der Waals surface area contributed by atoms with Crippen molar-refractivity contribution < 1.29 is 8.91 Å². The number of halogens is 1. The molecule has 1 aliphatic heterocycles. The van der Waals surface area contributed by atoms with Gasteiger partial charge in [-0.2, -0.15) is 9.97 Å². The van der Waals surface area contributed by atoms with Gasteiger partial charge in [-0.05, 0) is 56.0 Å². The molecule has 10 nitrogen and oxygen atoms in total. The van der Waals surface area contributed by atoms with Gasteiger partial charge in [-0.3, -0.25) is 25.3 Å². The first kappa shape index (κ1) is 24.4. The molecule has 0 amide bonds. The van der Waals surface area contributed by atoms with Crippen molar-refractivity contribution in [2.24, 2.45) is 0 Å². The molecule has 4 heterocycles. The molecule has 2 fully saturated rings. The molecule has 6 rings (SSSR count). The van der Waals surface area contributed by atoms with E-state index in [1.807, 2.05) is 6.07 Å². The standard InChI is InChI=1S/C27H30FN9O/c1-3-20-14-35(25-22-21(5-4-12-31-22)37(15-29)27(30)33-25)16(2)13-36(20)23(17-8-10-19(28)11-9-17)26-32-24(34-38-26)18-6-7-18/h4-5,8-12,15-16,18,20,23,29-30H,3,6-7,13-14H2,1-2H3/t16-,20+,23?/m0/s1. The van der Waals surface area contributed by atoms with Gasteiger partial charge in [0.25, 0.3) is 0 Å². The van der Waals surface area contributed by atoms with Crippen LogP contribution in [0.1, 0.15) is 62.3 Å². The lowest BCUT2D eigenvalue weighted by molar-refractivity contribution is 0.0973. The fraction of sp³-hybridized carbons (Fsp3) is 0.407. The second-order valence-electron chi connectivity index (χ2n) is 10.1. The van der Waals surface area contributed by atoms with E-state index >= 15 is 0 Å². The van der Waals surface area contributed by atoms with Crippen LogP contribution in [-0.2, 0) is 0 Å². The molecule has 3 atom stereocenters. The highest BCUT2D eigenvalue weighted by Gasteiger charge is 2.40. The molecule has 1 aromatic carbocycles. The number of nitrogens with zero attached hydrogens (tertiary/aromatic N) is 7. The Morgan fingerprint density at radius 2 is 1.95 bits per heavy atom. The minimum absolute atomic E-state index is 0.0131. The molecule has 3 aromatic heterocycles. The Kier molecular flexibility index (Phi) is 6.22. The van der Waals surface area contributed by atoms with E-state index in [9.17, 15) is 4.39 Å². The molecule has 0 radical (unpaired) electrons. The number of hydrogen-bond acceptors (Lipinski definition) is 9. The van der Waals surface area contributed by atoms with Gasteiger partial charge in [-0.25, -0.2) is 4.39 Å². The summed E-state index contributed by atoms with van der Waals surface area (Å²) in [5.41, 5.74) is 2.22. The largest absolute Gasteiger partial charge is 0.349 e. The molecule has 2 aliphatic rings. The predicted molar refractivity (Wildman–Crippen MR) is 140 cm³/mol. The van der Waals surface area contributed by atoms with Crippen LogP contribution in [0.25, 0.3) is 11.0 Å². The highest BCUT2D eigenvalue weighted by atomic mass is 19.1. The average Bonchev–Trinajstić information content (AvgIpc) is 3.67. The molecular weight excluding hydrogens is 485 g/mol. The molecule has 38 heavy (non-hydrogen) atoms. The van der Waals surface area contributed by atoms with Crippen molar-refractivity contribution in [1.29, 1.82) is 10.8 Å². The van der Waals surface area contributed by atoms with Gasteiger partial charge in [0.2, 0.25) is 11.5 Å².